The number of rotatable bonds is 10. The van der Waals surface area contributed by atoms with Crippen LogP contribution >= 0.6 is 11.6 Å². The third-order valence-corrected chi connectivity index (χ3v) is 5.88. The van der Waals surface area contributed by atoms with E-state index in [4.69, 9.17) is 25.5 Å². The Labute approximate surface area is 196 Å². The normalized spacial score (nSPS) is 13.5. The van der Waals surface area contributed by atoms with Crippen LogP contribution in [0.3, 0.4) is 0 Å². The maximum absolute atomic E-state index is 10.5. The van der Waals surface area contributed by atoms with E-state index in [9.17, 15) is 5.26 Å². The van der Waals surface area contributed by atoms with Gasteiger partial charge in [-0.2, -0.15) is 5.26 Å². The van der Waals surface area contributed by atoms with E-state index < -0.39 is 20.2 Å². The van der Waals surface area contributed by atoms with Crippen LogP contribution in [0, 0.1) is 11.3 Å². The topological polar surface area (TPSA) is 51.5 Å². The van der Waals surface area contributed by atoms with Crippen molar-refractivity contribution in [1.82, 2.24) is 0 Å². The zero-order chi connectivity index (χ0) is 23.0. The van der Waals surface area contributed by atoms with Crippen LogP contribution in [0.2, 0.25) is 24.7 Å². The number of hydrogen-bond acceptors (Lipinski definition) is 4. The summed E-state index contributed by atoms with van der Waals surface area (Å²) in [5, 5.41) is 11.0. The molecule has 1 atom stereocenters. The summed E-state index contributed by atoms with van der Waals surface area (Å²) in [4.78, 5) is 0. The number of nitrogens with zero attached hydrogens (tertiary/aromatic N) is 1. The Hall–Kier alpha value is -2.46. The van der Waals surface area contributed by atoms with Crippen molar-refractivity contribution < 1.29 is 13.9 Å². The molecule has 0 amide bonds. The Morgan fingerprint density at radius 3 is 1.81 bits per heavy atom. The van der Waals surface area contributed by atoms with Crippen LogP contribution in [0.25, 0.3) is 0 Å². The minimum Gasteiger partial charge on any atom is -0.393 e. The van der Waals surface area contributed by atoms with E-state index >= 15 is 0 Å². The summed E-state index contributed by atoms with van der Waals surface area (Å²) in [6.07, 6.45) is -0.974. The van der Waals surface area contributed by atoms with Gasteiger partial charge in [0.05, 0.1) is 13.2 Å². The maximum atomic E-state index is 10.5. The van der Waals surface area contributed by atoms with Crippen molar-refractivity contribution in [3.8, 4) is 6.07 Å². The second-order valence-electron chi connectivity index (χ2n) is 8.50. The maximum Gasteiger partial charge on any atom is 0.221 e. The fourth-order valence-corrected chi connectivity index (χ4v) is 4.78. The largest absolute Gasteiger partial charge is 0.393 e. The molecule has 0 aliphatic rings. The van der Waals surface area contributed by atoms with Crippen LogP contribution < -0.4 is 0 Å². The Kier molecular flexibility index (Phi) is 8.24. The Morgan fingerprint density at radius 1 is 0.844 bits per heavy atom. The van der Waals surface area contributed by atoms with Gasteiger partial charge < -0.3 is 13.9 Å². The summed E-state index contributed by atoms with van der Waals surface area (Å²) >= 11 is 6.29. The van der Waals surface area contributed by atoms with Crippen molar-refractivity contribution in [2.24, 2.45) is 0 Å². The molecule has 3 rings (SSSR count). The number of benzene rings is 3. The first-order chi connectivity index (χ1) is 15.3. The smallest absolute Gasteiger partial charge is 0.221 e. The van der Waals surface area contributed by atoms with Crippen LogP contribution in [-0.4, -0.2) is 14.6 Å². The monoisotopic (exact) mass is 465 g/mol. The van der Waals surface area contributed by atoms with E-state index in [0.29, 0.717) is 10.6 Å². The van der Waals surface area contributed by atoms with Gasteiger partial charge in [-0.1, -0.05) is 84.4 Å². The molecule has 0 spiro atoms. The van der Waals surface area contributed by atoms with Crippen LogP contribution in [0.4, 0.5) is 0 Å². The molecule has 0 aromatic heterocycles. The lowest BCUT2D eigenvalue weighted by molar-refractivity contribution is -0.228. The highest BCUT2D eigenvalue weighted by molar-refractivity contribution is 6.69. The lowest BCUT2D eigenvalue weighted by atomic mass is 9.94. The van der Waals surface area contributed by atoms with Crippen molar-refractivity contribution in [2.45, 2.75) is 44.7 Å². The molecule has 0 fully saturated rings. The van der Waals surface area contributed by atoms with Crippen LogP contribution in [-0.2, 0) is 32.7 Å². The molecule has 0 aliphatic carbocycles. The van der Waals surface area contributed by atoms with Gasteiger partial charge >= 0.3 is 0 Å². The second-order valence-corrected chi connectivity index (χ2v) is 13.4. The van der Waals surface area contributed by atoms with Gasteiger partial charge in [-0.3, -0.25) is 0 Å². The molecule has 6 heteroatoms. The molecule has 0 bridgehead atoms. The summed E-state index contributed by atoms with van der Waals surface area (Å²) in [5.74, 6) is 0. The van der Waals surface area contributed by atoms with Gasteiger partial charge in [-0.05, 0) is 42.9 Å². The molecule has 0 radical (unpaired) electrons. The van der Waals surface area contributed by atoms with E-state index in [0.717, 1.165) is 11.1 Å². The van der Waals surface area contributed by atoms with E-state index in [-0.39, 0.29) is 13.2 Å². The van der Waals surface area contributed by atoms with Gasteiger partial charge in [0.25, 0.3) is 0 Å². The molecule has 166 valence electrons. The van der Waals surface area contributed by atoms with Crippen LogP contribution in [0.5, 0.6) is 0 Å². The Morgan fingerprint density at radius 2 is 1.38 bits per heavy atom. The third kappa shape index (κ3) is 6.52. The Balaban J connectivity index is 2.00. The first kappa shape index (κ1) is 24.2. The number of halogens is 1. The molecule has 4 nitrogen and oxygen atoms in total. The molecule has 0 aliphatic heterocycles. The summed E-state index contributed by atoms with van der Waals surface area (Å²) in [6, 6.07) is 29.1. The number of ether oxygens (including phenoxy) is 2. The molecular weight excluding hydrogens is 438 g/mol. The van der Waals surface area contributed by atoms with E-state index in [1.54, 1.807) is 12.1 Å². The van der Waals surface area contributed by atoms with Crippen LogP contribution in [0.15, 0.2) is 84.9 Å². The van der Waals surface area contributed by atoms with Gasteiger partial charge in [0.2, 0.25) is 11.9 Å². The number of nitriles is 1. The average Bonchev–Trinajstić information content (AvgIpc) is 2.78. The van der Waals surface area contributed by atoms with Crippen molar-refractivity contribution in [2.75, 3.05) is 0 Å². The highest BCUT2D eigenvalue weighted by Gasteiger charge is 2.47. The van der Waals surface area contributed by atoms with E-state index in [2.05, 4.69) is 6.07 Å². The lowest BCUT2D eigenvalue weighted by Crippen LogP contribution is -2.50. The van der Waals surface area contributed by atoms with Gasteiger partial charge in [0.15, 0.2) is 8.32 Å². The molecule has 0 saturated heterocycles. The zero-order valence-corrected chi connectivity index (χ0v) is 20.4. The quantitative estimate of drug-likeness (QED) is 0.248. The molecule has 32 heavy (non-hydrogen) atoms. The van der Waals surface area contributed by atoms with Gasteiger partial charge in [0.1, 0.15) is 6.07 Å². The minimum atomic E-state index is -2.22. The molecule has 0 N–H and O–H groups in total. The lowest BCUT2D eigenvalue weighted by Gasteiger charge is -2.39. The predicted molar refractivity (Wildman–Crippen MR) is 129 cm³/mol. The molecule has 3 aromatic rings. The van der Waals surface area contributed by atoms with Crippen molar-refractivity contribution >= 4 is 19.9 Å². The summed E-state index contributed by atoms with van der Waals surface area (Å²) in [7, 11) is -2.22. The SMILES string of the molecule is C[Si](C)(C)OC(C#N)(c1cccc(Cl)c1)C(OCc1ccccc1)OCc1ccccc1. The summed E-state index contributed by atoms with van der Waals surface area (Å²) in [6.45, 7) is 6.66. The fourth-order valence-electron chi connectivity index (χ4n) is 3.36. The van der Waals surface area contributed by atoms with Crippen LogP contribution in [0.1, 0.15) is 16.7 Å². The highest BCUT2D eigenvalue weighted by atomic mass is 35.5. The summed E-state index contributed by atoms with van der Waals surface area (Å²) in [5.41, 5.74) is 1.10. The predicted octanol–water partition coefficient (Wildman–Crippen LogP) is 6.67. The Bertz CT molecular complexity index is 991. The van der Waals surface area contributed by atoms with Gasteiger partial charge in [-0.15, -0.1) is 0 Å². The first-order valence-electron chi connectivity index (χ1n) is 10.5. The fraction of sp³-hybridized carbons (Fsp3) is 0.269. The molecule has 3 aromatic carbocycles. The van der Waals surface area contributed by atoms with Crippen molar-refractivity contribution in [3.05, 3.63) is 107 Å². The zero-order valence-electron chi connectivity index (χ0n) is 18.6. The molecule has 0 saturated carbocycles. The standard InChI is InChI=1S/C26H28ClNO3Si/c1-32(2,3)31-26(20-28,23-15-10-16-24(27)17-23)25(29-18-21-11-6-4-7-12-21)30-19-22-13-8-5-9-14-22/h4-17,25H,18-19H2,1-3H3. The molecular formula is C26H28ClNO3Si. The third-order valence-electron chi connectivity index (χ3n) is 4.71. The minimum absolute atomic E-state index is 0.277. The highest BCUT2D eigenvalue weighted by Crippen LogP contribution is 2.37. The molecule has 0 heterocycles. The van der Waals surface area contributed by atoms with Crippen molar-refractivity contribution in [3.63, 3.8) is 0 Å². The average molecular weight is 466 g/mol. The summed E-state index contributed by atoms with van der Waals surface area (Å²) < 4.78 is 19.0. The first-order valence-corrected chi connectivity index (χ1v) is 14.3. The number of hydrogen-bond donors (Lipinski definition) is 0. The van der Waals surface area contributed by atoms with E-state index in [1.165, 1.54) is 0 Å². The second kappa shape index (κ2) is 10.9. The van der Waals surface area contributed by atoms with Gasteiger partial charge in [-0.25, -0.2) is 0 Å². The van der Waals surface area contributed by atoms with Gasteiger partial charge in [0, 0.05) is 10.6 Å². The van der Waals surface area contributed by atoms with Crippen molar-refractivity contribution in [1.29, 1.82) is 5.26 Å². The molecule has 1 unspecified atom stereocenters. The van der Waals surface area contributed by atoms with E-state index in [1.807, 2.05) is 92.4 Å².